The Balaban J connectivity index is 3.46. The summed E-state index contributed by atoms with van der Waals surface area (Å²) in [5.41, 5.74) is 0. The predicted molar refractivity (Wildman–Crippen MR) is 29.4 cm³/mol. The van der Waals surface area contributed by atoms with Crippen LogP contribution in [0.1, 0.15) is 13.8 Å². The molecule has 0 radical (unpaired) electrons. The summed E-state index contributed by atoms with van der Waals surface area (Å²) in [7, 11) is 0. The molecule has 0 aromatic rings. The highest BCUT2D eigenvalue weighted by Gasteiger charge is 2.15. The summed E-state index contributed by atoms with van der Waals surface area (Å²) in [6, 6.07) is 0. The first kappa shape index (κ1) is 7.88. The molecule has 0 aliphatic carbocycles. The monoisotopic (exact) mass is 120 g/mol. The van der Waals surface area contributed by atoms with Gasteiger partial charge >= 0.3 is 0 Å². The molecule has 1 unspecified atom stereocenters. The van der Waals surface area contributed by atoms with Gasteiger partial charge in [0, 0.05) is 0 Å². The number of hydrogen-bond acceptors (Lipinski definition) is 3. The van der Waals surface area contributed by atoms with Crippen molar-refractivity contribution in [1.29, 1.82) is 0 Å². The summed E-state index contributed by atoms with van der Waals surface area (Å²) in [5.74, 6) is 0. The largest absolute Gasteiger partial charge is 0.391 e. The third kappa shape index (κ3) is 2.26. The van der Waals surface area contributed by atoms with Crippen LogP contribution in [0.2, 0.25) is 0 Å². The van der Waals surface area contributed by atoms with Gasteiger partial charge in [-0.1, -0.05) is 0 Å². The summed E-state index contributed by atoms with van der Waals surface area (Å²) in [6.45, 7) is 2.86. The molecule has 0 aliphatic heterocycles. The lowest BCUT2D eigenvalue weighted by Gasteiger charge is -2.15. The minimum atomic E-state index is -1.02. The van der Waals surface area contributed by atoms with Gasteiger partial charge in [-0.3, -0.25) is 0 Å². The molecule has 0 amide bonds. The van der Waals surface area contributed by atoms with Crippen molar-refractivity contribution in [1.82, 2.24) is 0 Å². The minimum absolute atomic E-state index is 0.852. The summed E-state index contributed by atoms with van der Waals surface area (Å²) >= 11 is 0. The molecule has 0 saturated heterocycles. The summed E-state index contributed by atoms with van der Waals surface area (Å²) in [4.78, 5) is 0. The van der Waals surface area contributed by atoms with Crippen molar-refractivity contribution in [2.45, 2.75) is 32.2 Å². The number of aliphatic hydroxyl groups is 3. The summed E-state index contributed by atoms with van der Waals surface area (Å²) < 4.78 is 0. The number of aliphatic hydroxyl groups excluding tert-OH is 3. The van der Waals surface area contributed by atoms with Gasteiger partial charge in [0.1, 0.15) is 6.10 Å². The smallest absolute Gasteiger partial charge is 0.105 e. The van der Waals surface area contributed by atoms with Gasteiger partial charge in [0.2, 0.25) is 0 Å². The Hall–Kier alpha value is -0.120. The fourth-order valence-corrected chi connectivity index (χ4v) is 0.403. The first-order valence-corrected chi connectivity index (χ1v) is 2.60. The second kappa shape index (κ2) is 3.02. The number of rotatable bonds is 2. The molecule has 3 nitrogen and oxygen atoms in total. The van der Waals surface area contributed by atoms with Gasteiger partial charge in [0.15, 0.2) is 0 Å². The van der Waals surface area contributed by atoms with Crippen LogP contribution in [0.3, 0.4) is 0 Å². The first-order chi connectivity index (χ1) is 3.55. The zero-order valence-electron chi connectivity index (χ0n) is 5.07. The molecule has 0 aromatic carbocycles. The molecule has 0 saturated carbocycles. The summed E-state index contributed by atoms with van der Waals surface area (Å²) in [6.07, 6.45) is -2.72. The van der Waals surface area contributed by atoms with E-state index in [0.29, 0.717) is 0 Å². The molecule has 3 atom stereocenters. The van der Waals surface area contributed by atoms with Crippen LogP contribution in [0.5, 0.6) is 0 Å². The lowest BCUT2D eigenvalue weighted by Crippen LogP contribution is -2.33. The molecule has 0 heterocycles. The van der Waals surface area contributed by atoms with Crippen LogP contribution in [-0.2, 0) is 0 Å². The third-order valence-electron chi connectivity index (χ3n) is 0.989. The van der Waals surface area contributed by atoms with Crippen molar-refractivity contribution in [2.75, 3.05) is 0 Å². The standard InChI is InChI=1S/C5H12O3/c1-3(6)5(8)4(2)7/h3-8H,1-2H3/t3-,4+,5?. The third-order valence-corrected chi connectivity index (χ3v) is 0.989. The molecule has 0 fully saturated rings. The van der Waals surface area contributed by atoms with Crippen molar-refractivity contribution < 1.29 is 15.3 Å². The van der Waals surface area contributed by atoms with Gasteiger partial charge in [-0.2, -0.15) is 0 Å². The van der Waals surface area contributed by atoms with E-state index in [1.165, 1.54) is 13.8 Å². The van der Waals surface area contributed by atoms with Gasteiger partial charge in [-0.15, -0.1) is 0 Å². The molecular weight excluding hydrogens is 108 g/mol. The minimum Gasteiger partial charge on any atom is -0.391 e. The normalized spacial score (nSPS) is 22.1. The maximum absolute atomic E-state index is 8.70. The molecular formula is C5H12O3. The van der Waals surface area contributed by atoms with Crippen LogP contribution >= 0.6 is 0 Å². The van der Waals surface area contributed by atoms with Crippen molar-refractivity contribution in [3.63, 3.8) is 0 Å². The van der Waals surface area contributed by atoms with E-state index in [-0.39, 0.29) is 0 Å². The van der Waals surface area contributed by atoms with E-state index in [1.807, 2.05) is 0 Å². The molecule has 3 heteroatoms. The summed E-state index contributed by atoms with van der Waals surface area (Å²) in [5, 5.41) is 25.9. The molecule has 0 aromatic heterocycles. The van der Waals surface area contributed by atoms with Gasteiger partial charge in [-0.05, 0) is 13.8 Å². The van der Waals surface area contributed by atoms with Crippen molar-refractivity contribution in [3.05, 3.63) is 0 Å². The SMILES string of the molecule is C[C@H](O)C(O)[C@@H](C)O. The Morgan fingerprint density at radius 3 is 1.12 bits per heavy atom. The van der Waals surface area contributed by atoms with Gasteiger partial charge < -0.3 is 15.3 Å². The molecule has 0 bridgehead atoms. The highest BCUT2D eigenvalue weighted by atomic mass is 16.4. The number of hydrogen-bond donors (Lipinski definition) is 3. The first-order valence-electron chi connectivity index (χ1n) is 2.60. The van der Waals surface area contributed by atoms with Gasteiger partial charge in [0.05, 0.1) is 12.2 Å². The average Bonchev–Trinajstić information content (AvgIpc) is 1.64. The van der Waals surface area contributed by atoms with Crippen LogP contribution in [0, 0.1) is 0 Å². The quantitative estimate of drug-likeness (QED) is 0.443. The van der Waals surface area contributed by atoms with E-state index in [1.54, 1.807) is 0 Å². The van der Waals surface area contributed by atoms with E-state index >= 15 is 0 Å². The van der Waals surface area contributed by atoms with Crippen molar-refractivity contribution in [3.8, 4) is 0 Å². The second-order valence-electron chi connectivity index (χ2n) is 1.97. The maximum Gasteiger partial charge on any atom is 0.105 e. The van der Waals surface area contributed by atoms with Gasteiger partial charge in [0.25, 0.3) is 0 Å². The molecule has 3 N–H and O–H groups in total. The molecule has 50 valence electrons. The van der Waals surface area contributed by atoms with Crippen LogP contribution in [-0.4, -0.2) is 33.6 Å². The van der Waals surface area contributed by atoms with Crippen molar-refractivity contribution in [2.24, 2.45) is 0 Å². The molecule has 0 rings (SSSR count). The lowest BCUT2D eigenvalue weighted by atomic mass is 10.1. The fourth-order valence-electron chi connectivity index (χ4n) is 0.403. The molecule has 8 heavy (non-hydrogen) atoms. The van der Waals surface area contributed by atoms with Crippen molar-refractivity contribution >= 4 is 0 Å². The Morgan fingerprint density at radius 1 is 0.875 bits per heavy atom. The van der Waals surface area contributed by atoms with Crippen LogP contribution in [0.25, 0.3) is 0 Å². The van der Waals surface area contributed by atoms with E-state index in [4.69, 9.17) is 15.3 Å². The van der Waals surface area contributed by atoms with E-state index in [2.05, 4.69) is 0 Å². The van der Waals surface area contributed by atoms with E-state index in [0.717, 1.165) is 0 Å². The average molecular weight is 120 g/mol. The Labute approximate surface area is 48.6 Å². The van der Waals surface area contributed by atoms with E-state index in [9.17, 15) is 0 Å². The fraction of sp³-hybridized carbons (Fsp3) is 1.00. The highest BCUT2D eigenvalue weighted by Crippen LogP contribution is 1.96. The van der Waals surface area contributed by atoms with Crippen LogP contribution in [0.4, 0.5) is 0 Å². The second-order valence-corrected chi connectivity index (χ2v) is 1.97. The lowest BCUT2D eigenvalue weighted by molar-refractivity contribution is -0.0438. The van der Waals surface area contributed by atoms with Crippen LogP contribution in [0.15, 0.2) is 0 Å². The highest BCUT2D eigenvalue weighted by molar-refractivity contribution is 4.66. The Kier molecular flexibility index (Phi) is 2.97. The Morgan fingerprint density at radius 2 is 1.12 bits per heavy atom. The zero-order valence-corrected chi connectivity index (χ0v) is 5.07. The topological polar surface area (TPSA) is 60.7 Å². The Bertz CT molecular complexity index is 52.7. The van der Waals surface area contributed by atoms with E-state index < -0.39 is 18.3 Å². The van der Waals surface area contributed by atoms with Gasteiger partial charge in [-0.25, -0.2) is 0 Å². The predicted octanol–water partition coefficient (Wildman–Crippen LogP) is -0.891. The zero-order chi connectivity index (χ0) is 6.73. The molecule has 0 aliphatic rings. The maximum atomic E-state index is 8.70. The van der Waals surface area contributed by atoms with Crippen LogP contribution < -0.4 is 0 Å². The molecule has 0 spiro atoms.